The third-order valence-electron chi connectivity index (χ3n) is 4.37. The highest BCUT2D eigenvalue weighted by molar-refractivity contribution is 6.01. The summed E-state index contributed by atoms with van der Waals surface area (Å²) in [6, 6.07) is 11.1. The number of benzene rings is 1. The largest absolute Gasteiger partial charge is 0.331 e. The highest BCUT2D eigenvalue weighted by Crippen LogP contribution is 2.24. The van der Waals surface area contributed by atoms with E-state index in [0.29, 0.717) is 25.2 Å². The Hall–Kier alpha value is -2.63. The minimum Gasteiger partial charge on any atom is -0.331 e. The predicted molar refractivity (Wildman–Crippen MR) is 91.6 cm³/mol. The minimum atomic E-state index is -0.386. The highest BCUT2D eigenvalue weighted by atomic mass is 16.2. The monoisotopic (exact) mass is 326 g/mol. The van der Waals surface area contributed by atoms with Crippen molar-refractivity contribution < 1.29 is 9.59 Å². The maximum atomic E-state index is 12.8. The lowest BCUT2D eigenvalue weighted by Gasteiger charge is -2.26. The molecule has 1 aliphatic rings. The molecule has 2 aromatic rings. The first kappa shape index (κ1) is 16.2. The Kier molecular flexibility index (Phi) is 4.64. The van der Waals surface area contributed by atoms with Crippen LogP contribution in [-0.2, 0) is 16.0 Å². The number of nitrogens with one attached hydrogen (secondary N) is 1. The van der Waals surface area contributed by atoms with Gasteiger partial charge in [0, 0.05) is 24.5 Å². The van der Waals surface area contributed by atoms with E-state index in [9.17, 15) is 9.59 Å². The average Bonchev–Trinajstić information content (AvgIpc) is 3.16. The van der Waals surface area contributed by atoms with Gasteiger partial charge in [-0.25, -0.2) is 0 Å². The second-order valence-corrected chi connectivity index (χ2v) is 6.03. The maximum Gasteiger partial charge on any atom is 0.249 e. The second kappa shape index (κ2) is 6.86. The van der Waals surface area contributed by atoms with Gasteiger partial charge in [-0.1, -0.05) is 18.2 Å². The zero-order valence-corrected chi connectivity index (χ0v) is 14.0. The van der Waals surface area contributed by atoms with E-state index >= 15 is 0 Å². The number of aryl methyl sites for hydroxylation is 1. The number of aromatic amines is 1. The van der Waals surface area contributed by atoms with Crippen molar-refractivity contribution in [2.24, 2.45) is 0 Å². The number of rotatable bonds is 5. The number of hydrogen-bond acceptors (Lipinski definition) is 3. The summed E-state index contributed by atoms with van der Waals surface area (Å²) in [5, 5.41) is 6.95. The minimum absolute atomic E-state index is 0.00499. The first-order chi connectivity index (χ1) is 11.6. The van der Waals surface area contributed by atoms with E-state index in [4.69, 9.17) is 0 Å². The number of para-hydroxylation sites is 1. The molecule has 1 saturated heterocycles. The number of likely N-dealkylation sites (N-methyl/N-ethyl adjacent to an activating group) is 1. The Morgan fingerprint density at radius 2 is 2.12 bits per heavy atom. The topological polar surface area (TPSA) is 69.3 Å². The lowest BCUT2D eigenvalue weighted by atomic mass is 10.1. The quantitative estimate of drug-likeness (QED) is 0.912. The summed E-state index contributed by atoms with van der Waals surface area (Å²) in [6.07, 6.45) is 0.875. The SMILES string of the molecule is CCN(C(=O)Cc1cc(C)[nH]n1)C1CCN(c2ccccc2)C1=O. The predicted octanol–water partition coefficient (Wildman–Crippen LogP) is 1.91. The smallest absolute Gasteiger partial charge is 0.249 e. The van der Waals surface area contributed by atoms with Gasteiger partial charge in [-0.15, -0.1) is 0 Å². The molecule has 1 N–H and O–H groups in total. The van der Waals surface area contributed by atoms with Gasteiger partial charge in [-0.3, -0.25) is 14.7 Å². The van der Waals surface area contributed by atoms with Gasteiger partial charge in [0.05, 0.1) is 12.1 Å². The van der Waals surface area contributed by atoms with Gasteiger partial charge in [0.2, 0.25) is 11.8 Å². The van der Waals surface area contributed by atoms with E-state index in [-0.39, 0.29) is 24.3 Å². The fourth-order valence-electron chi connectivity index (χ4n) is 3.21. The van der Waals surface area contributed by atoms with Crippen molar-refractivity contribution in [3.63, 3.8) is 0 Å². The first-order valence-corrected chi connectivity index (χ1v) is 8.27. The number of amides is 2. The van der Waals surface area contributed by atoms with Gasteiger partial charge >= 0.3 is 0 Å². The molecule has 2 heterocycles. The van der Waals surface area contributed by atoms with Crippen molar-refractivity contribution in [2.75, 3.05) is 18.0 Å². The standard InChI is InChI=1S/C18H22N4O2/c1-3-21(17(23)12-14-11-13(2)19-20-14)16-9-10-22(18(16)24)15-7-5-4-6-8-15/h4-8,11,16H,3,9-10,12H2,1-2H3,(H,19,20). The van der Waals surface area contributed by atoms with Crippen molar-refractivity contribution >= 4 is 17.5 Å². The lowest BCUT2D eigenvalue weighted by molar-refractivity contribution is -0.137. The summed E-state index contributed by atoms with van der Waals surface area (Å²) in [5.74, 6) is -0.0631. The second-order valence-electron chi connectivity index (χ2n) is 6.03. The summed E-state index contributed by atoms with van der Waals surface area (Å²) < 4.78 is 0. The van der Waals surface area contributed by atoms with Crippen molar-refractivity contribution in [3.8, 4) is 0 Å². The molecule has 1 unspecified atom stereocenters. The number of aromatic nitrogens is 2. The molecule has 126 valence electrons. The van der Waals surface area contributed by atoms with Crippen LogP contribution in [0.25, 0.3) is 0 Å². The van der Waals surface area contributed by atoms with Crippen LogP contribution in [0.1, 0.15) is 24.7 Å². The molecule has 1 aromatic carbocycles. The maximum absolute atomic E-state index is 12.8. The van der Waals surface area contributed by atoms with Gasteiger partial charge in [-0.05, 0) is 38.5 Å². The van der Waals surface area contributed by atoms with E-state index in [1.165, 1.54) is 0 Å². The Balaban J connectivity index is 1.72. The molecule has 1 atom stereocenters. The lowest BCUT2D eigenvalue weighted by Crippen LogP contribution is -2.46. The van der Waals surface area contributed by atoms with E-state index in [1.54, 1.807) is 9.80 Å². The number of carbonyl (C=O) groups excluding carboxylic acids is 2. The van der Waals surface area contributed by atoms with Crippen LogP contribution in [0.4, 0.5) is 5.69 Å². The Bertz CT molecular complexity index is 726. The fraction of sp³-hybridized carbons (Fsp3) is 0.389. The molecule has 0 spiro atoms. The summed E-state index contributed by atoms with van der Waals surface area (Å²) >= 11 is 0. The van der Waals surface area contributed by atoms with Crippen LogP contribution in [0.15, 0.2) is 36.4 Å². The number of hydrogen-bond donors (Lipinski definition) is 1. The summed E-state index contributed by atoms with van der Waals surface area (Å²) in [7, 11) is 0. The highest BCUT2D eigenvalue weighted by Gasteiger charge is 2.38. The van der Waals surface area contributed by atoms with Gasteiger partial charge in [-0.2, -0.15) is 5.10 Å². The molecule has 1 aliphatic heterocycles. The van der Waals surface area contributed by atoms with Crippen molar-refractivity contribution in [2.45, 2.75) is 32.7 Å². The summed E-state index contributed by atoms with van der Waals surface area (Å²) in [6.45, 7) is 4.96. The normalized spacial score (nSPS) is 17.3. The van der Waals surface area contributed by atoms with Gasteiger partial charge in [0.25, 0.3) is 0 Å². The van der Waals surface area contributed by atoms with Crippen LogP contribution in [0, 0.1) is 6.92 Å². The third-order valence-corrected chi connectivity index (χ3v) is 4.37. The fourth-order valence-corrected chi connectivity index (χ4v) is 3.21. The molecule has 0 radical (unpaired) electrons. The van der Waals surface area contributed by atoms with E-state index in [2.05, 4.69) is 10.2 Å². The molecule has 0 bridgehead atoms. The Labute approximate surface area is 141 Å². The number of H-pyrrole nitrogens is 1. The van der Waals surface area contributed by atoms with E-state index in [0.717, 1.165) is 11.4 Å². The molecule has 24 heavy (non-hydrogen) atoms. The van der Waals surface area contributed by atoms with Crippen LogP contribution in [-0.4, -0.2) is 46.0 Å². The molecule has 6 nitrogen and oxygen atoms in total. The molecular formula is C18H22N4O2. The molecule has 1 fully saturated rings. The molecular weight excluding hydrogens is 304 g/mol. The zero-order valence-electron chi connectivity index (χ0n) is 14.0. The molecule has 6 heteroatoms. The number of carbonyl (C=O) groups is 2. The van der Waals surface area contributed by atoms with E-state index < -0.39 is 0 Å². The van der Waals surface area contributed by atoms with Crippen LogP contribution < -0.4 is 4.90 Å². The van der Waals surface area contributed by atoms with Crippen LogP contribution in [0.2, 0.25) is 0 Å². The summed E-state index contributed by atoms with van der Waals surface area (Å²) in [4.78, 5) is 28.8. The molecule has 2 amide bonds. The number of anilines is 1. The van der Waals surface area contributed by atoms with Crippen molar-refractivity contribution in [3.05, 3.63) is 47.8 Å². The molecule has 0 aliphatic carbocycles. The van der Waals surface area contributed by atoms with Crippen molar-refractivity contribution in [1.29, 1.82) is 0 Å². The Morgan fingerprint density at radius 3 is 2.75 bits per heavy atom. The number of nitrogens with zero attached hydrogens (tertiary/aromatic N) is 3. The first-order valence-electron chi connectivity index (χ1n) is 8.27. The molecule has 3 rings (SSSR count). The van der Waals surface area contributed by atoms with Gasteiger partial charge in [0.15, 0.2) is 0 Å². The van der Waals surface area contributed by atoms with Gasteiger partial charge < -0.3 is 9.80 Å². The van der Waals surface area contributed by atoms with Crippen LogP contribution >= 0.6 is 0 Å². The van der Waals surface area contributed by atoms with Gasteiger partial charge in [0.1, 0.15) is 6.04 Å². The van der Waals surface area contributed by atoms with Crippen LogP contribution in [0.5, 0.6) is 0 Å². The molecule has 0 saturated carbocycles. The molecule has 1 aromatic heterocycles. The zero-order chi connectivity index (χ0) is 17.1. The van der Waals surface area contributed by atoms with Crippen LogP contribution in [0.3, 0.4) is 0 Å². The third kappa shape index (κ3) is 3.18. The van der Waals surface area contributed by atoms with E-state index in [1.807, 2.05) is 50.2 Å². The average molecular weight is 326 g/mol. The summed E-state index contributed by atoms with van der Waals surface area (Å²) in [5.41, 5.74) is 2.52. The van der Waals surface area contributed by atoms with Crippen molar-refractivity contribution in [1.82, 2.24) is 15.1 Å². The Morgan fingerprint density at radius 1 is 1.38 bits per heavy atom.